The van der Waals surface area contributed by atoms with Crippen LogP contribution in [0, 0.1) is 0 Å². The minimum atomic E-state index is -2.51. The summed E-state index contributed by atoms with van der Waals surface area (Å²) in [5, 5.41) is 0. The number of rotatable bonds is 0. The Morgan fingerprint density at radius 2 is 2.22 bits per heavy atom. The number of hydrogen-bond acceptors (Lipinski definition) is 0. The van der Waals surface area contributed by atoms with E-state index in [9.17, 15) is 8.78 Å². The molecule has 9 heavy (non-hydrogen) atoms. The van der Waals surface area contributed by atoms with E-state index in [2.05, 4.69) is 0 Å². The van der Waals surface area contributed by atoms with Crippen molar-refractivity contribution >= 4 is 0 Å². The second kappa shape index (κ2) is 2.09. The van der Waals surface area contributed by atoms with Crippen LogP contribution in [0.15, 0.2) is 11.6 Å². The molecule has 1 rings (SSSR count). The van der Waals surface area contributed by atoms with Gasteiger partial charge < -0.3 is 0 Å². The summed E-state index contributed by atoms with van der Waals surface area (Å²) in [4.78, 5) is 0. The molecule has 0 radical (unpaired) electrons. The fraction of sp³-hybridized carbons (Fsp3) is 0.714. The van der Waals surface area contributed by atoms with E-state index in [1.54, 1.807) is 6.92 Å². The Morgan fingerprint density at radius 3 is 2.56 bits per heavy atom. The Labute approximate surface area is 53.6 Å². The fourth-order valence-electron chi connectivity index (χ4n) is 1.11. The van der Waals surface area contributed by atoms with E-state index in [0.717, 1.165) is 18.1 Å². The van der Waals surface area contributed by atoms with Gasteiger partial charge in [0.25, 0.3) is 5.92 Å². The summed E-state index contributed by atoms with van der Waals surface area (Å²) >= 11 is 0. The van der Waals surface area contributed by atoms with Gasteiger partial charge in [-0.15, -0.1) is 0 Å². The molecule has 0 atom stereocenters. The standard InChI is InChI=1S/C7H10F2/c1-6-3-2-4-7(8,9)5-6/h5H,2-4H2,1H3. The monoisotopic (exact) mass is 132 g/mol. The van der Waals surface area contributed by atoms with E-state index in [-0.39, 0.29) is 6.42 Å². The summed E-state index contributed by atoms with van der Waals surface area (Å²) in [6.07, 6.45) is 2.59. The van der Waals surface area contributed by atoms with E-state index in [1.165, 1.54) is 0 Å². The van der Waals surface area contributed by atoms with Crippen molar-refractivity contribution in [3.8, 4) is 0 Å². The lowest BCUT2D eigenvalue weighted by molar-refractivity contribution is 0.0373. The second-order valence-corrected chi connectivity index (χ2v) is 2.61. The third kappa shape index (κ3) is 1.77. The Balaban J connectivity index is 2.68. The van der Waals surface area contributed by atoms with Gasteiger partial charge in [0.1, 0.15) is 0 Å². The van der Waals surface area contributed by atoms with Crippen LogP contribution in [0.1, 0.15) is 26.2 Å². The second-order valence-electron chi connectivity index (χ2n) is 2.61. The first-order chi connectivity index (χ1) is 4.10. The molecule has 0 heterocycles. The van der Waals surface area contributed by atoms with Crippen molar-refractivity contribution in [2.75, 3.05) is 0 Å². The summed E-state index contributed by atoms with van der Waals surface area (Å²) in [5.41, 5.74) is 0.825. The van der Waals surface area contributed by atoms with E-state index in [1.807, 2.05) is 0 Å². The maximum absolute atomic E-state index is 12.4. The molecule has 0 aromatic carbocycles. The molecule has 2 heteroatoms. The van der Waals surface area contributed by atoms with Crippen molar-refractivity contribution in [1.82, 2.24) is 0 Å². The molecular formula is C7H10F2. The average Bonchev–Trinajstić information content (AvgIpc) is 1.60. The molecule has 0 aliphatic heterocycles. The summed E-state index contributed by atoms with van der Waals surface area (Å²) in [5.74, 6) is -2.51. The third-order valence-electron chi connectivity index (χ3n) is 1.54. The van der Waals surface area contributed by atoms with Crippen LogP contribution in [0.2, 0.25) is 0 Å². The highest BCUT2D eigenvalue weighted by atomic mass is 19.3. The summed E-state index contributed by atoms with van der Waals surface area (Å²) < 4.78 is 24.8. The van der Waals surface area contributed by atoms with Gasteiger partial charge in [-0.05, 0) is 25.8 Å². The van der Waals surface area contributed by atoms with Crippen molar-refractivity contribution in [2.45, 2.75) is 32.1 Å². The Kier molecular flexibility index (Phi) is 1.56. The molecule has 0 fully saturated rings. The minimum absolute atomic E-state index is 0.0321. The molecule has 0 unspecified atom stereocenters. The fourth-order valence-corrected chi connectivity index (χ4v) is 1.11. The van der Waals surface area contributed by atoms with Gasteiger partial charge in [-0.25, -0.2) is 8.78 Å². The Hall–Kier alpha value is -0.400. The minimum Gasteiger partial charge on any atom is -0.202 e. The Morgan fingerprint density at radius 1 is 1.56 bits per heavy atom. The van der Waals surface area contributed by atoms with Crippen LogP contribution in [0.3, 0.4) is 0 Å². The van der Waals surface area contributed by atoms with Crippen molar-refractivity contribution in [1.29, 1.82) is 0 Å². The van der Waals surface area contributed by atoms with Crippen molar-refractivity contribution in [2.24, 2.45) is 0 Å². The van der Waals surface area contributed by atoms with Crippen LogP contribution < -0.4 is 0 Å². The number of hydrogen-bond donors (Lipinski definition) is 0. The average molecular weight is 132 g/mol. The predicted octanol–water partition coefficient (Wildman–Crippen LogP) is 2.75. The molecular weight excluding hydrogens is 122 g/mol. The molecule has 52 valence electrons. The highest BCUT2D eigenvalue weighted by Crippen LogP contribution is 2.30. The Bertz CT molecular complexity index is 136. The van der Waals surface area contributed by atoms with Crippen LogP contribution >= 0.6 is 0 Å². The smallest absolute Gasteiger partial charge is 0.202 e. The number of halogens is 2. The molecule has 0 spiro atoms. The van der Waals surface area contributed by atoms with Gasteiger partial charge >= 0.3 is 0 Å². The molecule has 0 bridgehead atoms. The molecule has 1 aliphatic rings. The molecule has 0 saturated carbocycles. The van der Waals surface area contributed by atoms with E-state index >= 15 is 0 Å². The number of alkyl halides is 2. The summed E-state index contributed by atoms with van der Waals surface area (Å²) in [6, 6.07) is 0. The maximum Gasteiger partial charge on any atom is 0.266 e. The van der Waals surface area contributed by atoms with Gasteiger partial charge in [-0.2, -0.15) is 0 Å². The first kappa shape index (κ1) is 6.72. The van der Waals surface area contributed by atoms with Crippen LogP contribution in [0.25, 0.3) is 0 Å². The maximum atomic E-state index is 12.4. The highest BCUT2D eigenvalue weighted by molar-refractivity contribution is 5.08. The van der Waals surface area contributed by atoms with E-state index in [0.29, 0.717) is 6.42 Å². The molecule has 0 aromatic heterocycles. The van der Waals surface area contributed by atoms with E-state index in [4.69, 9.17) is 0 Å². The zero-order valence-electron chi connectivity index (χ0n) is 5.45. The van der Waals surface area contributed by atoms with Gasteiger partial charge in [-0.1, -0.05) is 5.57 Å². The zero-order valence-corrected chi connectivity index (χ0v) is 5.45. The van der Waals surface area contributed by atoms with Crippen LogP contribution in [-0.2, 0) is 0 Å². The van der Waals surface area contributed by atoms with Gasteiger partial charge in [0, 0.05) is 6.42 Å². The molecule has 0 saturated heterocycles. The van der Waals surface area contributed by atoms with Gasteiger partial charge in [-0.3, -0.25) is 0 Å². The van der Waals surface area contributed by atoms with Gasteiger partial charge in [0.15, 0.2) is 0 Å². The van der Waals surface area contributed by atoms with Crippen molar-refractivity contribution in [3.05, 3.63) is 11.6 Å². The first-order valence-electron chi connectivity index (χ1n) is 3.16. The van der Waals surface area contributed by atoms with E-state index < -0.39 is 5.92 Å². The van der Waals surface area contributed by atoms with Gasteiger partial charge in [0.2, 0.25) is 0 Å². The normalized spacial score (nSPS) is 25.4. The third-order valence-corrected chi connectivity index (χ3v) is 1.54. The van der Waals surface area contributed by atoms with Crippen LogP contribution in [0.4, 0.5) is 8.78 Å². The largest absolute Gasteiger partial charge is 0.266 e. The van der Waals surface area contributed by atoms with Crippen LogP contribution in [0.5, 0.6) is 0 Å². The highest BCUT2D eigenvalue weighted by Gasteiger charge is 2.27. The molecule has 1 aliphatic carbocycles. The lowest BCUT2D eigenvalue weighted by Gasteiger charge is -2.17. The first-order valence-corrected chi connectivity index (χ1v) is 3.16. The SMILES string of the molecule is CC1=CC(F)(F)CCC1. The molecule has 0 aromatic rings. The molecule has 0 N–H and O–H groups in total. The molecule has 0 amide bonds. The van der Waals surface area contributed by atoms with Crippen molar-refractivity contribution in [3.63, 3.8) is 0 Å². The van der Waals surface area contributed by atoms with Gasteiger partial charge in [0.05, 0.1) is 0 Å². The quantitative estimate of drug-likeness (QED) is 0.444. The summed E-state index contributed by atoms with van der Waals surface area (Å²) in [6.45, 7) is 1.76. The van der Waals surface area contributed by atoms with Crippen molar-refractivity contribution < 1.29 is 8.78 Å². The van der Waals surface area contributed by atoms with Crippen LogP contribution in [-0.4, -0.2) is 5.92 Å². The zero-order chi connectivity index (χ0) is 6.91. The lowest BCUT2D eigenvalue weighted by Crippen LogP contribution is -2.15. The summed E-state index contributed by atoms with van der Waals surface area (Å²) in [7, 11) is 0. The lowest BCUT2D eigenvalue weighted by atomic mass is 9.98. The topological polar surface area (TPSA) is 0 Å². The predicted molar refractivity (Wildman–Crippen MR) is 32.6 cm³/mol. The molecule has 0 nitrogen and oxygen atoms in total. The number of allylic oxidation sites excluding steroid dienone is 2.